The molecule has 0 aliphatic rings. The Labute approximate surface area is 125 Å². The van der Waals surface area contributed by atoms with Crippen LogP contribution in [0.2, 0.25) is 0 Å². The van der Waals surface area contributed by atoms with Crippen molar-refractivity contribution in [1.82, 2.24) is 9.88 Å². The van der Waals surface area contributed by atoms with Crippen molar-refractivity contribution in [1.29, 1.82) is 0 Å². The predicted octanol–water partition coefficient (Wildman–Crippen LogP) is 3.67. The van der Waals surface area contributed by atoms with Crippen LogP contribution < -0.4 is 5.32 Å². The van der Waals surface area contributed by atoms with E-state index in [4.69, 9.17) is 0 Å². The number of hydrogen-bond acceptors (Lipinski definition) is 3. The van der Waals surface area contributed by atoms with Gasteiger partial charge < -0.3 is 5.32 Å². The summed E-state index contributed by atoms with van der Waals surface area (Å²) in [6, 6.07) is 10.9. The minimum atomic E-state index is -0.151. The van der Waals surface area contributed by atoms with Gasteiger partial charge in [0.05, 0.1) is 0 Å². The third-order valence-electron chi connectivity index (χ3n) is 3.23. The van der Waals surface area contributed by atoms with E-state index in [-0.39, 0.29) is 5.82 Å². The van der Waals surface area contributed by atoms with Crippen LogP contribution >= 0.6 is 0 Å². The molecule has 2 rings (SSSR count). The molecule has 3 nitrogen and oxygen atoms in total. The maximum atomic E-state index is 13.6. The molecule has 0 atom stereocenters. The molecule has 0 fully saturated rings. The number of nitrogens with one attached hydrogen (secondary N) is 1. The highest BCUT2D eigenvalue weighted by atomic mass is 19.1. The number of hydrogen-bond donors (Lipinski definition) is 1. The van der Waals surface area contributed by atoms with Gasteiger partial charge in [-0.05, 0) is 31.2 Å². The van der Waals surface area contributed by atoms with Crippen molar-refractivity contribution in [3.05, 3.63) is 59.5 Å². The summed E-state index contributed by atoms with van der Waals surface area (Å²) in [7, 11) is 1.98. The van der Waals surface area contributed by atoms with Gasteiger partial charge in [-0.15, -0.1) is 0 Å². The maximum absolute atomic E-state index is 13.6. The number of aromatic nitrogens is 1. The Hall–Kier alpha value is -1.94. The van der Waals surface area contributed by atoms with Crippen LogP contribution in [0, 0.1) is 5.82 Å². The van der Waals surface area contributed by atoms with E-state index < -0.39 is 0 Å². The SMILES string of the molecule is CCCNc1ccc(CN(C)Cc2ccccc2F)cn1. The second-order valence-corrected chi connectivity index (χ2v) is 5.24. The first-order chi connectivity index (χ1) is 10.2. The fourth-order valence-corrected chi connectivity index (χ4v) is 2.16. The molecule has 0 amide bonds. The molecule has 0 spiro atoms. The van der Waals surface area contributed by atoms with Crippen molar-refractivity contribution < 1.29 is 4.39 Å². The average Bonchev–Trinajstić information content (AvgIpc) is 2.49. The largest absolute Gasteiger partial charge is 0.370 e. The van der Waals surface area contributed by atoms with Gasteiger partial charge >= 0.3 is 0 Å². The topological polar surface area (TPSA) is 28.2 Å². The number of anilines is 1. The Balaban J connectivity index is 1.90. The first-order valence-electron chi connectivity index (χ1n) is 7.29. The van der Waals surface area contributed by atoms with E-state index in [1.54, 1.807) is 6.07 Å². The van der Waals surface area contributed by atoms with Gasteiger partial charge in [-0.25, -0.2) is 9.37 Å². The van der Waals surface area contributed by atoms with Gasteiger partial charge in [-0.1, -0.05) is 31.2 Å². The van der Waals surface area contributed by atoms with Gasteiger partial charge in [0.1, 0.15) is 11.6 Å². The number of benzene rings is 1. The molecule has 0 unspecified atom stereocenters. The Kier molecular flexibility index (Phi) is 5.69. The highest BCUT2D eigenvalue weighted by Gasteiger charge is 2.06. The van der Waals surface area contributed by atoms with Gasteiger partial charge in [0.15, 0.2) is 0 Å². The van der Waals surface area contributed by atoms with E-state index >= 15 is 0 Å². The normalized spacial score (nSPS) is 10.9. The molecule has 1 aromatic heterocycles. The van der Waals surface area contributed by atoms with Gasteiger partial charge in [-0.2, -0.15) is 0 Å². The summed E-state index contributed by atoms with van der Waals surface area (Å²) in [5, 5.41) is 3.25. The first-order valence-corrected chi connectivity index (χ1v) is 7.29. The van der Waals surface area contributed by atoms with Gasteiger partial charge in [0.25, 0.3) is 0 Å². The Morgan fingerprint density at radius 3 is 2.62 bits per heavy atom. The molecule has 0 saturated carbocycles. The van der Waals surface area contributed by atoms with Gasteiger partial charge in [-0.3, -0.25) is 4.90 Å². The first kappa shape index (κ1) is 15.4. The molecule has 1 heterocycles. The highest BCUT2D eigenvalue weighted by Crippen LogP contribution is 2.12. The molecule has 4 heteroatoms. The molecule has 0 radical (unpaired) electrons. The number of pyridine rings is 1. The highest BCUT2D eigenvalue weighted by molar-refractivity contribution is 5.35. The Morgan fingerprint density at radius 1 is 1.14 bits per heavy atom. The van der Waals surface area contributed by atoms with Crippen molar-refractivity contribution in [2.24, 2.45) is 0 Å². The average molecular weight is 287 g/mol. The van der Waals surface area contributed by atoms with E-state index in [2.05, 4.69) is 28.2 Å². The lowest BCUT2D eigenvalue weighted by molar-refractivity contribution is 0.313. The third kappa shape index (κ3) is 4.83. The van der Waals surface area contributed by atoms with E-state index in [1.807, 2.05) is 31.4 Å². The third-order valence-corrected chi connectivity index (χ3v) is 3.23. The molecular weight excluding hydrogens is 265 g/mol. The minimum absolute atomic E-state index is 0.151. The van der Waals surface area contributed by atoms with Crippen LogP contribution in [0.1, 0.15) is 24.5 Å². The zero-order valence-corrected chi connectivity index (χ0v) is 12.6. The molecule has 0 aliphatic heterocycles. The standard InChI is InChI=1S/C17H22FN3/c1-3-10-19-17-9-8-14(11-20-17)12-21(2)13-15-6-4-5-7-16(15)18/h4-9,11H,3,10,12-13H2,1-2H3,(H,19,20). The molecule has 0 bridgehead atoms. The van der Waals surface area contributed by atoms with Crippen LogP contribution in [0.15, 0.2) is 42.6 Å². The minimum Gasteiger partial charge on any atom is -0.370 e. The molecule has 0 aliphatic carbocycles. The summed E-state index contributed by atoms with van der Waals surface area (Å²) in [6.45, 7) is 4.39. The number of halogens is 1. The van der Waals surface area contributed by atoms with Crippen molar-refractivity contribution >= 4 is 5.82 Å². The van der Waals surface area contributed by atoms with Gasteiger partial charge in [0, 0.05) is 31.4 Å². The summed E-state index contributed by atoms with van der Waals surface area (Å²) in [5.41, 5.74) is 1.84. The van der Waals surface area contributed by atoms with E-state index in [0.717, 1.165) is 30.9 Å². The zero-order valence-electron chi connectivity index (χ0n) is 12.6. The predicted molar refractivity (Wildman–Crippen MR) is 84.6 cm³/mol. The molecule has 112 valence electrons. The summed E-state index contributed by atoms with van der Waals surface area (Å²) in [4.78, 5) is 6.46. The van der Waals surface area contributed by atoms with Crippen molar-refractivity contribution in [3.63, 3.8) is 0 Å². The lowest BCUT2D eigenvalue weighted by atomic mass is 10.2. The Bertz CT molecular complexity index is 554. The smallest absolute Gasteiger partial charge is 0.127 e. The lowest BCUT2D eigenvalue weighted by Gasteiger charge is -2.17. The van der Waals surface area contributed by atoms with Crippen molar-refractivity contribution in [3.8, 4) is 0 Å². The van der Waals surface area contributed by atoms with Crippen LogP contribution in [0.5, 0.6) is 0 Å². The summed E-state index contributed by atoms with van der Waals surface area (Å²) >= 11 is 0. The molecule has 21 heavy (non-hydrogen) atoms. The summed E-state index contributed by atoms with van der Waals surface area (Å²) in [5.74, 6) is 0.749. The van der Waals surface area contributed by atoms with Crippen LogP contribution in [0.25, 0.3) is 0 Å². The van der Waals surface area contributed by atoms with Crippen LogP contribution in [0.3, 0.4) is 0 Å². The second-order valence-electron chi connectivity index (χ2n) is 5.24. The molecule has 1 aromatic carbocycles. The molecule has 1 N–H and O–H groups in total. The number of nitrogens with zero attached hydrogens (tertiary/aromatic N) is 2. The summed E-state index contributed by atoms with van der Waals surface area (Å²) in [6.07, 6.45) is 2.95. The molecular formula is C17H22FN3. The summed E-state index contributed by atoms with van der Waals surface area (Å²) < 4.78 is 13.6. The molecule has 2 aromatic rings. The van der Waals surface area contributed by atoms with Crippen molar-refractivity contribution in [2.75, 3.05) is 18.9 Å². The second kappa shape index (κ2) is 7.74. The van der Waals surface area contributed by atoms with Crippen LogP contribution in [0.4, 0.5) is 10.2 Å². The van der Waals surface area contributed by atoms with E-state index in [0.29, 0.717) is 12.1 Å². The quantitative estimate of drug-likeness (QED) is 0.842. The van der Waals surface area contributed by atoms with Crippen LogP contribution in [-0.4, -0.2) is 23.5 Å². The zero-order chi connectivity index (χ0) is 15.1. The fraction of sp³-hybridized carbons (Fsp3) is 0.353. The molecule has 0 saturated heterocycles. The van der Waals surface area contributed by atoms with E-state index in [9.17, 15) is 4.39 Å². The number of rotatable bonds is 7. The Morgan fingerprint density at radius 2 is 1.95 bits per heavy atom. The van der Waals surface area contributed by atoms with E-state index in [1.165, 1.54) is 6.07 Å². The van der Waals surface area contributed by atoms with Crippen molar-refractivity contribution in [2.45, 2.75) is 26.4 Å². The maximum Gasteiger partial charge on any atom is 0.127 e. The fourth-order valence-electron chi connectivity index (χ4n) is 2.16. The monoisotopic (exact) mass is 287 g/mol. The van der Waals surface area contributed by atoms with Crippen LogP contribution in [-0.2, 0) is 13.1 Å². The lowest BCUT2D eigenvalue weighted by Crippen LogP contribution is -2.18. The van der Waals surface area contributed by atoms with Gasteiger partial charge in [0.2, 0.25) is 0 Å².